The molecule has 1 heterocycles. The number of rotatable bonds is 4. The summed E-state index contributed by atoms with van der Waals surface area (Å²) >= 11 is 1.14. The maximum absolute atomic E-state index is 12.1. The van der Waals surface area contributed by atoms with Gasteiger partial charge in [-0.05, 0) is 31.5 Å². The summed E-state index contributed by atoms with van der Waals surface area (Å²) in [6.07, 6.45) is -4.40. The van der Waals surface area contributed by atoms with Crippen molar-refractivity contribution < 1.29 is 18.0 Å². The molecule has 0 saturated carbocycles. The molecular formula is C15H15F3N2OS. The van der Waals surface area contributed by atoms with Gasteiger partial charge in [0.2, 0.25) is 5.91 Å². The third kappa shape index (κ3) is 4.37. The van der Waals surface area contributed by atoms with Gasteiger partial charge in [-0.1, -0.05) is 30.0 Å². The summed E-state index contributed by atoms with van der Waals surface area (Å²) in [4.78, 5) is 16.1. The molecule has 7 heteroatoms. The highest BCUT2D eigenvalue weighted by molar-refractivity contribution is 8.00. The van der Waals surface area contributed by atoms with Crippen molar-refractivity contribution in [3.8, 4) is 0 Å². The van der Waals surface area contributed by atoms with Crippen LogP contribution in [0.25, 0.3) is 10.9 Å². The smallest absolute Gasteiger partial charge is 0.346 e. The van der Waals surface area contributed by atoms with Gasteiger partial charge in [-0.15, -0.1) is 0 Å². The number of carbonyl (C=O) groups is 1. The van der Waals surface area contributed by atoms with E-state index >= 15 is 0 Å². The molecule has 2 aromatic rings. The normalized spacial score (nSPS) is 13.1. The summed E-state index contributed by atoms with van der Waals surface area (Å²) in [7, 11) is 0. The summed E-state index contributed by atoms with van der Waals surface area (Å²) in [5, 5.41) is 2.86. The van der Waals surface area contributed by atoms with E-state index in [-0.39, 0.29) is 0 Å². The molecule has 0 radical (unpaired) electrons. The molecule has 1 aromatic carbocycles. The van der Waals surface area contributed by atoms with Crippen LogP contribution in [0.3, 0.4) is 0 Å². The van der Waals surface area contributed by atoms with Crippen molar-refractivity contribution in [1.82, 2.24) is 10.3 Å². The van der Waals surface area contributed by atoms with Crippen LogP contribution >= 0.6 is 11.8 Å². The van der Waals surface area contributed by atoms with Gasteiger partial charge in [0, 0.05) is 5.39 Å². The van der Waals surface area contributed by atoms with Gasteiger partial charge in [0.15, 0.2) is 0 Å². The predicted molar refractivity (Wildman–Crippen MR) is 80.9 cm³/mol. The monoisotopic (exact) mass is 328 g/mol. The molecular weight excluding hydrogens is 313 g/mol. The molecule has 2 rings (SSSR count). The van der Waals surface area contributed by atoms with Crippen LogP contribution < -0.4 is 5.32 Å². The number of aryl methyl sites for hydroxylation is 1. The van der Waals surface area contributed by atoms with Crippen molar-refractivity contribution in [3.05, 3.63) is 35.9 Å². The Morgan fingerprint density at radius 1 is 1.36 bits per heavy atom. The van der Waals surface area contributed by atoms with Crippen molar-refractivity contribution in [2.45, 2.75) is 30.3 Å². The van der Waals surface area contributed by atoms with Crippen molar-refractivity contribution in [2.75, 3.05) is 6.54 Å². The second kappa shape index (κ2) is 6.56. The molecule has 0 aliphatic carbocycles. The fourth-order valence-corrected chi connectivity index (χ4v) is 2.89. The largest absolute Gasteiger partial charge is 0.405 e. The zero-order valence-corrected chi connectivity index (χ0v) is 12.9. The molecule has 0 saturated heterocycles. The summed E-state index contributed by atoms with van der Waals surface area (Å²) < 4.78 is 36.3. The van der Waals surface area contributed by atoms with Gasteiger partial charge < -0.3 is 5.32 Å². The molecule has 1 unspecified atom stereocenters. The van der Waals surface area contributed by atoms with E-state index in [9.17, 15) is 18.0 Å². The molecule has 0 spiro atoms. The Morgan fingerprint density at radius 2 is 2.05 bits per heavy atom. The van der Waals surface area contributed by atoms with Crippen molar-refractivity contribution >= 4 is 28.6 Å². The van der Waals surface area contributed by atoms with Gasteiger partial charge in [-0.25, -0.2) is 4.98 Å². The number of amides is 1. The minimum Gasteiger partial charge on any atom is -0.346 e. The van der Waals surface area contributed by atoms with Gasteiger partial charge in [-0.2, -0.15) is 13.2 Å². The van der Waals surface area contributed by atoms with Gasteiger partial charge in [0.05, 0.1) is 15.8 Å². The van der Waals surface area contributed by atoms with Crippen LogP contribution in [-0.2, 0) is 4.79 Å². The highest BCUT2D eigenvalue weighted by Gasteiger charge is 2.29. The van der Waals surface area contributed by atoms with Gasteiger partial charge in [0.25, 0.3) is 0 Å². The number of fused-ring (bicyclic) bond motifs is 1. The lowest BCUT2D eigenvalue weighted by molar-refractivity contribution is -0.137. The summed E-state index contributed by atoms with van der Waals surface area (Å²) in [5.41, 5.74) is 1.81. The first-order chi connectivity index (χ1) is 10.3. The Bertz CT molecular complexity index is 688. The van der Waals surface area contributed by atoms with E-state index in [2.05, 4.69) is 4.98 Å². The van der Waals surface area contributed by atoms with E-state index in [1.165, 1.54) is 0 Å². The number of para-hydroxylation sites is 1. The summed E-state index contributed by atoms with van der Waals surface area (Å²) in [5.74, 6) is -0.657. The van der Waals surface area contributed by atoms with E-state index in [1.807, 2.05) is 42.6 Å². The van der Waals surface area contributed by atoms with Crippen LogP contribution in [0.5, 0.6) is 0 Å². The lowest BCUT2D eigenvalue weighted by Crippen LogP contribution is -2.37. The number of nitrogens with one attached hydrogen (secondary N) is 1. The van der Waals surface area contributed by atoms with Crippen LogP contribution in [0.1, 0.15) is 12.5 Å². The number of hydrogen-bond acceptors (Lipinski definition) is 3. The number of thioether (sulfide) groups is 1. The molecule has 0 aliphatic heterocycles. The van der Waals surface area contributed by atoms with Gasteiger partial charge in [0.1, 0.15) is 6.54 Å². The van der Waals surface area contributed by atoms with E-state index in [1.54, 1.807) is 6.92 Å². The molecule has 22 heavy (non-hydrogen) atoms. The molecule has 1 N–H and O–H groups in total. The van der Waals surface area contributed by atoms with Gasteiger partial charge >= 0.3 is 6.18 Å². The van der Waals surface area contributed by atoms with E-state index in [0.717, 1.165) is 28.2 Å². The lowest BCUT2D eigenvalue weighted by atomic mass is 10.1. The molecule has 3 nitrogen and oxygen atoms in total. The van der Waals surface area contributed by atoms with E-state index < -0.39 is 23.9 Å². The Morgan fingerprint density at radius 3 is 2.73 bits per heavy atom. The van der Waals surface area contributed by atoms with Crippen molar-refractivity contribution in [1.29, 1.82) is 0 Å². The number of hydrogen-bond donors (Lipinski definition) is 1. The second-order valence-electron chi connectivity index (χ2n) is 4.89. The standard InChI is InChI=1S/C15H15F3N2OS/c1-9-7-13(20-12-6-4-3-5-11(9)12)22-10(2)14(21)19-8-15(16,17)18/h3-7,10H,8H2,1-2H3,(H,19,21). The van der Waals surface area contributed by atoms with Crippen LogP contribution in [0, 0.1) is 6.92 Å². The summed E-state index contributed by atoms with van der Waals surface area (Å²) in [6, 6.07) is 9.42. The molecule has 118 valence electrons. The predicted octanol–water partition coefficient (Wildman–Crippen LogP) is 3.70. The number of halogens is 3. The lowest BCUT2D eigenvalue weighted by Gasteiger charge is -2.13. The van der Waals surface area contributed by atoms with Crippen LogP contribution in [-0.4, -0.2) is 28.9 Å². The molecule has 1 atom stereocenters. The Labute approximate surface area is 130 Å². The highest BCUT2D eigenvalue weighted by Crippen LogP contribution is 2.26. The number of nitrogens with zero attached hydrogens (tertiary/aromatic N) is 1. The maximum Gasteiger partial charge on any atom is 0.405 e. The minimum atomic E-state index is -4.40. The topological polar surface area (TPSA) is 42.0 Å². The summed E-state index contributed by atoms with van der Waals surface area (Å²) in [6.45, 7) is 2.17. The SMILES string of the molecule is Cc1cc(SC(C)C(=O)NCC(F)(F)F)nc2ccccc12. The fraction of sp³-hybridized carbons (Fsp3) is 0.333. The van der Waals surface area contributed by atoms with Crippen LogP contribution in [0.4, 0.5) is 13.2 Å². The van der Waals surface area contributed by atoms with Crippen LogP contribution in [0.2, 0.25) is 0 Å². The maximum atomic E-state index is 12.1. The highest BCUT2D eigenvalue weighted by atomic mass is 32.2. The molecule has 0 aliphatic rings. The number of pyridine rings is 1. The van der Waals surface area contributed by atoms with Crippen molar-refractivity contribution in [2.24, 2.45) is 0 Å². The third-order valence-electron chi connectivity index (χ3n) is 3.03. The minimum absolute atomic E-state index is 0.617. The number of alkyl halides is 3. The zero-order valence-electron chi connectivity index (χ0n) is 12.1. The Hall–Kier alpha value is -1.76. The van der Waals surface area contributed by atoms with Crippen LogP contribution in [0.15, 0.2) is 35.4 Å². The second-order valence-corrected chi connectivity index (χ2v) is 6.25. The van der Waals surface area contributed by atoms with Crippen molar-refractivity contribution in [3.63, 3.8) is 0 Å². The first kappa shape index (κ1) is 16.6. The first-order valence-electron chi connectivity index (χ1n) is 6.64. The Balaban J connectivity index is 2.08. The van der Waals surface area contributed by atoms with E-state index in [4.69, 9.17) is 0 Å². The van der Waals surface area contributed by atoms with Gasteiger partial charge in [-0.3, -0.25) is 4.79 Å². The molecule has 0 fully saturated rings. The quantitative estimate of drug-likeness (QED) is 0.870. The first-order valence-corrected chi connectivity index (χ1v) is 7.52. The third-order valence-corrected chi connectivity index (χ3v) is 4.05. The average molecular weight is 328 g/mol. The van der Waals surface area contributed by atoms with E-state index in [0.29, 0.717) is 5.03 Å². The molecule has 0 bridgehead atoms. The molecule has 1 amide bonds. The zero-order chi connectivity index (χ0) is 16.3. The Kier molecular flexibility index (Phi) is 4.95. The number of benzene rings is 1. The average Bonchev–Trinajstić information content (AvgIpc) is 2.44. The number of aromatic nitrogens is 1. The molecule has 1 aromatic heterocycles. The fourth-order valence-electron chi connectivity index (χ4n) is 1.94. The number of carbonyl (C=O) groups excluding carboxylic acids is 1.